The van der Waals surface area contributed by atoms with Crippen molar-refractivity contribution in [2.75, 3.05) is 18.1 Å². The van der Waals surface area contributed by atoms with Gasteiger partial charge in [0.25, 0.3) is 0 Å². The van der Waals surface area contributed by atoms with E-state index in [-0.39, 0.29) is 41.9 Å². The first kappa shape index (κ1) is 39.9. The van der Waals surface area contributed by atoms with Crippen LogP contribution in [0.3, 0.4) is 0 Å². The predicted octanol–water partition coefficient (Wildman–Crippen LogP) is 6.29. The lowest BCUT2D eigenvalue weighted by Crippen LogP contribution is -2.45. The highest BCUT2D eigenvalue weighted by molar-refractivity contribution is 8.04. The molecule has 43 heavy (non-hydrogen) atoms. The molecule has 10 heteroatoms. The van der Waals surface area contributed by atoms with Gasteiger partial charge in [-0.3, -0.25) is 14.4 Å². The third kappa shape index (κ3) is 15.6. The summed E-state index contributed by atoms with van der Waals surface area (Å²) in [6, 6.07) is -0.871. The summed E-state index contributed by atoms with van der Waals surface area (Å²) in [6.45, 7) is 18.2. The molecule has 1 aliphatic rings. The van der Waals surface area contributed by atoms with E-state index in [0.717, 1.165) is 37.9 Å². The molecule has 8 nitrogen and oxygen atoms in total. The van der Waals surface area contributed by atoms with Gasteiger partial charge >= 0.3 is 5.97 Å². The van der Waals surface area contributed by atoms with Crippen LogP contribution >= 0.6 is 23.5 Å². The normalized spacial score (nSPS) is 18.8. The van der Waals surface area contributed by atoms with Crippen molar-refractivity contribution in [1.29, 1.82) is 0 Å². The maximum Gasteiger partial charge on any atom is 0.327 e. The lowest BCUT2D eigenvalue weighted by molar-refractivity contribution is -0.141. The minimum atomic E-state index is -1.03. The second-order valence-corrected chi connectivity index (χ2v) is 16.4. The van der Waals surface area contributed by atoms with Crippen LogP contribution < -0.4 is 10.6 Å². The molecule has 0 radical (unpaired) electrons. The molecule has 1 fully saturated rings. The summed E-state index contributed by atoms with van der Waals surface area (Å²) in [4.78, 5) is 49.8. The zero-order chi connectivity index (χ0) is 32.8. The maximum atomic E-state index is 12.8. The summed E-state index contributed by atoms with van der Waals surface area (Å²) in [7, 11) is 0. The van der Waals surface area contributed by atoms with Crippen LogP contribution in [0.25, 0.3) is 0 Å². The highest BCUT2D eigenvalue weighted by Crippen LogP contribution is 2.40. The minimum absolute atomic E-state index is 0.0314. The number of ketones is 2. The van der Waals surface area contributed by atoms with Crippen LogP contribution in [0, 0.1) is 11.3 Å². The first-order valence-electron chi connectivity index (χ1n) is 16.2. The fourth-order valence-corrected chi connectivity index (χ4v) is 8.20. The molecular formula is C33H60N2O6S2. The van der Waals surface area contributed by atoms with Crippen molar-refractivity contribution in [3.05, 3.63) is 0 Å². The molecule has 0 saturated heterocycles. The molecule has 0 aromatic rings. The number of carbonyl (C=O) groups excluding carboxylic acids is 3. The Hall–Kier alpha value is -1.10. The van der Waals surface area contributed by atoms with Crippen molar-refractivity contribution in [3.63, 3.8) is 0 Å². The summed E-state index contributed by atoms with van der Waals surface area (Å²) >= 11 is 3.42. The Labute approximate surface area is 269 Å². The number of hydrogen-bond donors (Lipinski definition) is 3. The van der Waals surface area contributed by atoms with Crippen molar-refractivity contribution in [3.8, 4) is 0 Å². The van der Waals surface area contributed by atoms with Crippen molar-refractivity contribution < 1.29 is 29.0 Å². The number of amides is 1. The smallest absolute Gasteiger partial charge is 0.327 e. The number of aliphatic carboxylic acids is 1. The summed E-state index contributed by atoms with van der Waals surface area (Å²) in [5.41, 5.74) is -1.04. The molecule has 1 aliphatic carbocycles. The molecule has 0 heterocycles. The summed E-state index contributed by atoms with van der Waals surface area (Å²) in [5, 5.41) is 16.6. The van der Waals surface area contributed by atoms with E-state index in [4.69, 9.17) is 4.74 Å². The monoisotopic (exact) mass is 644 g/mol. The second kappa shape index (κ2) is 19.4. The molecule has 4 unspecified atom stereocenters. The van der Waals surface area contributed by atoms with Crippen LogP contribution in [0.4, 0.5) is 0 Å². The standard InChI is InChI=1S/C33H60N2O6S2/c1-10-11-12-13-26(36)24(34-23(4)5)20-42-27-14-15-28(27)43-21-25(31(39)40)35-29(37)16-17-33(8,9)41-19-18-32(6,7)30(38)22(2)3/h22-25,27-28,34H,10-21H2,1-9H3,(H,35,37)(H,39,40). The lowest BCUT2D eigenvalue weighted by Gasteiger charge is -2.37. The van der Waals surface area contributed by atoms with Gasteiger partial charge < -0.3 is 20.5 Å². The van der Waals surface area contributed by atoms with Gasteiger partial charge in [-0.1, -0.05) is 61.3 Å². The van der Waals surface area contributed by atoms with Gasteiger partial charge in [0.05, 0.1) is 11.6 Å². The molecule has 0 bridgehead atoms. The first-order valence-corrected chi connectivity index (χ1v) is 18.3. The fourth-order valence-electron chi connectivity index (χ4n) is 5.03. The third-order valence-corrected chi connectivity index (χ3v) is 11.3. The van der Waals surface area contributed by atoms with Crippen LogP contribution in [0.1, 0.15) is 120 Å². The highest BCUT2D eigenvalue weighted by Gasteiger charge is 2.35. The molecule has 0 spiro atoms. The number of Topliss-reactive ketones (excluding diaryl/α,β-unsaturated/α-hetero) is 2. The van der Waals surface area contributed by atoms with Crippen molar-refractivity contribution >= 4 is 47.0 Å². The van der Waals surface area contributed by atoms with Crippen LogP contribution in [0.5, 0.6) is 0 Å². The molecule has 4 atom stereocenters. The largest absolute Gasteiger partial charge is 0.480 e. The molecule has 3 N–H and O–H groups in total. The molecule has 0 aromatic heterocycles. The van der Waals surface area contributed by atoms with Gasteiger partial charge in [-0.05, 0) is 46.0 Å². The number of hydrogen-bond acceptors (Lipinski definition) is 8. The van der Waals surface area contributed by atoms with Crippen LogP contribution in [-0.4, -0.2) is 80.9 Å². The third-order valence-electron chi connectivity index (χ3n) is 8.05. The molecule has 0 aromatic carbocycles. The SMILES string of the molecule is CCCCCC(=O)C(CSC1CCC1SCC(NC(=O)CCC(C)(C)OCCC(C)(C)C(=O)C(C)C)C(=O)O)NC(C)C. The average molecular weight is 645 g/mol. The van der Waals surface area contributed by atoms with Crippen LogP contribution in [-0.2, 0) is 23.9 Å². The van der Waals surface area contributed by atoms with Crippen molar-refractivity contribution in [2.24, 2.45) is 11.3 Å². The van der Waals surface area contributed by atoms with Crippen molar-refractivity contribution in [1.82, 2.24) is 10.6 Å². The summed E-state index contributed by atoms with van der Waals surface area (Å²) in [6.07, 6.45) is 6.99. The number of unbranched alkanes of at least 4 members (excludes halogenated alkanes) is 2. The summed E-state index contributed by atoms with van der Waals surface area (Å²) in [5.74, 6) is 0.164. The quantitative estimate of drug-likeness (QED) is 0.104. The maximum absolute atomic E-state index is 12.8. The fraction of sp³-hybridized carbons (Fsp3) is 0.879. The lowest BCUT2D eigenvalue weighted by atomic mass is 9.80. The van der Waals surface area contributed by atoms with Gasteiger partial charge in [-0.2, -0.15) is 23.5 Å². The number of ether oxygens (including phenoxy) is 1. The Morgan fingerprint density at radius 3 is 1.95 bits per heavy atom. The van der Waals surface area contributed by atoms with Crippen molar-refractivity contribution in [2.45, 2.75) is 154 Å². The van der Waals surface area contributed by atoms with E-state index in [9.17, 15) is 24.3 Å². The topological polar surface area (TPSA) is 122 Å². The average Bonchev–Trinajstić information content (AvgIpc) is 2.89. The van der Waals surface area contributed by atoms with E-state index in [0.29, 0.717) is 42.1 Å². The number of rotatable bonds is 24. The zero-order valence-corrected chi connectivity index (χ0v) is 29.9. The predicted molar refractivity (Wildman–Crippen MR) is 180 cm³/mol. The van der Waals surface area contributed by atoms with E-state index in [1.165, 1.54) is 0 Å². The Balaban J connectivity index is 2.51. The Morgan fingerprint density at radius 2 is 1.47 bits per heavy atom. The minimum Gasteiger partial charge on any atom is -0.480 e. The number of carbonyl (C=O) groups is 4. The zero-order valence-electron chi connectivity index (χ0n) is 28.3. The van der Waals surface area contributed by atoms with Gasteiger partial charge in [0, 0.05) is 58.8 Å². The number of carboxylic acid groups (broad SMARTS) is 1. The van der Waals surface area contributed by atoms with Gasteiger partial charge in [0.15, 0.2) is 5.78 Å². The summed E-state index contributed by atoms with van der Waals surface area (Å²) < 4.78 is 6.03. The van der Waals surface area contributed by atoms with Gasteiger partial charge in [0.2, 0.25) is 5.91 Å². The Morgan fingerprint density at radius 1 is 0.884 bits per heavy atom. The van der Waals surface area contributed by atoms with Gasteiger partial charge in [-0.15, -0.1) is 0 Å². The highest BCUT2D eigenvalue weighted by atomic mass is 32.2. The van der Waals surface area contributed by atoms with E-state index in [2.05, 4.69) is 31.4 Å². The number of thioether (sulfide) groups is 2. The van der Waals surface area contributed by atoms with E-state index in [1.807, 2.05) is 53.3 Å². The Kier molecular flexibility index (Phi) is 18.0. The molecule has 0 aliphatic heterocycles. The van der Waals surface area contributed by atoms with E-state index >= 15 is 0 Å². The van der Waals surface area contributed by atoms with Gasteiger partial charge in [0.1, 0.15) is 11.8 Å². The molecule has 250 valence electrons. The molecular weight excluding hydrogens is 585 g/mol. The van der Waals surface area contributed by atoms with Crippen LogP contribution in [0.15, 0.2) is 0 Å². The molecule has 1 rings (SSSR count). The molecule has 1 amide bonds. The molecule has 1 saturated carbocycles. The Bertz CT molecular complexity index is 893. The first-order chi connectivity index (χ1) is 20.0. The second-order valence-electron chi connectivity index (χ2n) is 13.8. The number of nitrogens with one attached hydrogen (secondary N) is 2. The van der Waals surface area contributed by atoms with E-state index in [1.54, 1.807) is 11.8 Å². The van der Waals surface area contributed by atoms with Gasteiger partial charge in [-0.25, -0.2) is 4.79 Å². The van der Waals surface area contributed by atoms with E-state index < -0.39 is 23.0 Å². The van der Waals surface area contributed by atoms with Crippen LogP contribution in [0.2, 0.25) is 0 Å². The number of carboxylic acids is 1.